The summed E-state index contributed by atoms with van der Waals surface area (Å²) in [4.78, 5) is 23.2. The zero-order valence-corrected chi connectivity index (χ0v) is 8.61. The number of likely N-dealkylation sites (N-methyl/N-ethyl adjacent to an activating group) is 1. The SMILES string of the molecule is CN(CC(N)=O)C(=O)c1ccc(O)cc1F. The molecule has 0 aliphatic carbocycles. The van der Waals surface area contributed by atoms with Gasteiger partial charge in [-0.3, -0.25) is 9.59 Å². The Morgan fingerprint density at radius 2 is 2.12 bits per heavy atom. The van der Waals surface area contributed by atoms with Gasteiger partial charge in [0.25, 0.3) is 5.91 Å². The number of nitrogens with two attached hydrogens (primary N) is 1. The fourth-order valence-electron chi connectivity index (χ4n) is 1.19. The molecule has 6 heteroatoms. The second kappa shape index (κ2) is 4.61. The van der Waals surface area contributed by atoms with Crippen molar-refractivity contribution in [3.63, 3.8) is 0 Å². The summed E-state index contributed by atoms with van der Waals surface area (Å²) in [5.41, 5.74) is 4.68. The highest BCUT2D eigenvalue weighted by Crippen LogP contribution is 2.16. The first-order valence-corrected chi connectivity index (χ1v) is 4.44. The molecule has 0 radical (unpaired) electrons. The normalized spacial score (nSPS) is 9.88. The summed E-state index contributed by atoms with van der Waals surface area (Å²) in [6, 6.07) is 3.16. The maximum Gasteiger partial charge on any atom is 0.257 e. The molecule has 1 aromatic carbocycles. The number of phenols is 1. The maximum atomic E-state index is 13.3. The number of carbonyl (C=O) groups is 2. The van der Waals surface area contributed by atoms with E-state index in [1.807, 2.05) is 0 Å². The first-order chi connectivity index (χ1) is 7.41. The summed E-state index contributed by atoms with van der Waals surface area (Å²) in [5, 5.41) is 8.96. The van der Waals surface area contributed by atoms with E-state index in [1.54, 1.807) is 0 Å². The lowest BCUT2D eigenvalue weighted by atomic mass is 10.2. The Labute approximate surface area is 91.3 Å². The third-order valence-electron chi connectivity index (χ3n) is 1.92. The largest absolute Gasteiger partial charge is 0.508 e. The van der Waals surface area contributed by atoms with Gasteiger partial charge in [0.1, 0.15) is 11.6 Å². The number of halogens is 1. The number of rotatable bonds is 3. The first-order valence-electron chi connectivity index (χ1n) is 4.44. The molecule has 0 aliphatic heterocycles. The van der Waals surface area contributed by atoms with Crippen molar-refractivity contribution in [3.8, 4) is 5.75 Å². The fraction of sp³-hybridized carbons (Fsp3) is 0.200. The number of benzene rings is 1. The molecule has 2 amide bonds. The summed E-state index contributed by atoms with van der Waals surface area (Å²) in [5.74, 6) is -2.47. The quantitative estimate of drug-likeness (QED) is 0.766. The number of nitrogens with zero attached hydrogens (tertiary/aromatic N) is 1. The van der Waals surface area contributed by atoms with Crippen molar-refractivity contribution in [2.24, 2.45) is 5.73 Å². The minimum atomic E-state index is -0.846. The Hall–Kier alpha value is -2.11. The van der Waals surface area contributed by atoms with Gasteiger partial charge in [0, 0.05) is 13.1 Å². The van der Waals surface area contributed by atoms with Gasteiger partial charge < -0.3 is 15.7 Å². The molecule has 0 spiro atoms. The van der Waals surface area contributed by atoms with Crippen molar-refractivity contribution in [2.75, 3.05) is 13.6 Å². The number of carbonyl (C=O) groups excluding carboxylic acids is 2. The second-order valence-electron chi connectivity index (χ2n) is 3.29. The molecule has 0 atom stereocenters. The zero-order valence-electron chi connectivity index (χ0n) is 8.61. The van der Waals surface area contributed by atoms with E-state index in [2.05, 4.69) is 0 Å². The predicted molar refractivity (Wildman–Crippen MR) is 54.2 cm³/mol. The van der Waals surface area contributed by atoms with Crippen molar-refractivity contribution < 1.29 is 19.1 Å². The van der Waals surface area contributed by atoms with E-state index in [1.165, 1.54) is 13.1 Å². The molecule has 0 heterocycles. The summed E-state index contributed by atoms with van der Waals surface area (Å²) in [6.07, 6.45) is 0. The zero-order chi connectivity index (χ0) is 12.3. The number of hydrogen-bond donors (Lipinski definition) is 2. The van der Waals surface area contributed by atoms with Crippen molar-refractivity contribution >= 4 is 11.8 Å². The topological polar surface area (TPSA) is 83.6 Å². The molecule has 5 nitrogen and oxygen atoms in total. The Morgan fingerprint density at radius 1 is 1.50 bits per heavy atom. The van der Waals surface area contributed by atoms with Crippen LogP contribution >= 0.6 is 0 Å². The van der Waals surface area contributed by atoms with Gasteiger partial charge in [-0.25, -0.2) is 4.39 Å². The van der Waals surface area contributed by atoms with Gasteiger partial charge in [-0.05, 0) is 12.1 Å². The van der Waals surface area contributed by atoms with Crippen LogP contribution in [0.15, 0.2) is 18.2 Å². The summed E-state index contributed by atoms with van der Waals surface area (Å²) < 4.78 is 13.3. The molecule has 0 aromatic heterocycles. The van der Waals surface area contributed by atoms with Crippen LogP contribution in [-0.4, -0.2) is 35.4 Å². The third-order valence-corrected chi connectivity index (χ3v) is 1.92. The molecular formula is C10H11FN2O3. The molecule has 16 heavy (non-hydrogen) atoms. The molecule has 0 saturated carbocycles. The van der Waals surface area contributed by atoms with Gasteiger partial charge in [-0.1, -0.05) is 0 Å². The highest BCUT2D eigenvalue weighted by molar-refractivity contribution is 5.96. The number of primary amides is 1. The van der Waals surface area contributed by atoms with Crippen molar-refractivity contribution in [2.45, 2.75) is 0 Å². The highest BCUT2D eigenvalue weighted by atomic mass is 19.1. The smallest absolute Gasteiger partial charge is 0.257 e. The van der Waals surface area contributed by atoms with Crippen molar-refractivity contribution in [1.82, 2.24) is 4.90 Å². The van der Waals surface area contributed by atoms with Gasteiger partial charge in [0.15, 0.2) is 0 Å². The number of amides is 2. The number of hydrogen-bond acceptors (Lipinski definition) is 3. The van der Waals surface area contributed by atoms with Crippen LogP contribution < -0.4 is 5.73 Å². The fourth-order valence-corrected chi connectivity index (χ4v) is 1.19. The summed E-state index contributed by atoms with van der Waals surface area (Å²) in [7, 11) is 1.33. The van der Waals surface area contributed by atoms with Crippen LogP contribution in [0.1, 0.15) is 10.4 Å². The predicted octanol–water partition coefficient (Wildman–Crippen LogP) is 0.0886. The Balaban J connectivity index is 2.92. The van der Waals surface area contributed by atoms with Crippen LogP contribution in [0.25, 0.3) is 0 Å². The second-order valence-corrected chi connectivity index (χ2v) is 3.29. The van der Waals surface area contributed by atoms with Crippen LogP contribution in [-0.2, 0) is 4.79 Å². The molecule has 0 unspecified atom stereocenters. The number of phenolic OH excluding ortho intramolecular Hbond substituents is 1. The molecule has 0 fully saturated rings. The van der Waals surface area contributed by atoms with Gasteiger partial charge in [0.05, 0.1) is 12.1 Å². The Morgan fingerprint density at radius 3 is 2.62 bits per heavy atom. The lowest BCUT2D eigenvalue weighted by Crippen LogP contribution is -2.35. The van der Waals surface area contributed by atoms with E-state index in [9.17, 15) is 14.0 Å². The van der Waals surface area contributed by atoms with Crippen LogP contribution in [0.5, 0.6) is 5.75 Å². The van der Waals surface area contributed by atoms with Gasteiger partial charge in [-0.2, -0.15) is 0 Å². The first kappa shape index (κ1) is 12.0. The van der Waals surface area contributed by atoms with E-state index in [-0.39, 0.29) is 17.9 Å². The number of aromatic hydroxyl groups is 1. The van der Waals surface area contributed by atoms with Crippen molar-refractivity contribution in [3.05, 3.63) is 29.6 Å². The van der Waals surface area contributed by atoms with E-state index < -0.39 is 17.6 Å². The molecule has 1 rings (SSSR count). The van der Waals surface area contributed by atoms with Gasteiger partial charge in [-0.15, -0.1) is 0 Å². The van der Waals surface area contributed by atoms with Gasteiger partial charge >= 0.3 is 0 Å². The summed E-state index contributed by atoms with van der Waals surface area (Å²) in [6.45, 7) is -0.293. The van der Waals surface area contributed by atoms with Crippen LogP contribution in [0.2, 0.25) is 0 Å². The van der Waals surface area contributed by atoms with Crippen LogP contribution in [0.4, 0.5) is 4.39 Å². The molecule has 1 aromatic rings. The molecule has 0 aliphatic rings. The lowest BCUT2D eigenvalue weighted by Gasteiger charge is -2.15. The molecule has 0 saturated heterocycles. The average molecular weight is 226 g/mol. The molecule has 3 N–H and O–H groups in total. The standard InChI is InChI=1S/C10H11FN2O3/c1-13(5-9(12)15)10(16)7-3-2-6(14)4-8(7)11/h2-4,14H,5H2,1H3,(H2,12,15). The van der Waals surface area contributed by atoms with E-state index in [4.69, 9.17) is 10.8 Å². The highest BCUT2D eigenvalue weighted by Gasteiger charge is 2.17. The summed E-state index contributed by atoms with van der Waals surface area (Å²) >= 11 is 0. The van der Waals surface area contributed by atoms with E-state index in [0.29, 0.717) is 0 Å². The third kappa shape index (κ3) is 2.69. The van der Waals surface area contributed by atoms with E-state index in [0.717, 1.165) is 17.0 Å². The minimum Gasteiger partial charge on any atom is -0.508 e. The monoisotopic (exact) mass is 226 g/mol. The van der Waals surface area contributed by atoms with Crippen LogP contribution in [0.3, 0.4) is 0 Å². The van der Waals surface area contributed by atoms with Crippen LogP contribution in [0, 0.1) is 5.82 Å². The molecule has 0 bridgehead atoms. The maximum absolute atomic E-state index is 13.3. The van der Waals surface area contributed by atoms with E-state index >= 15 is 0 Å². The average Bonchev–Trinajstić information content (AvgIpc) is 2.15. The van der Waals surface area contributed by atoms with Crippen molar-refractivity contribution in [1.29, 1.82) is 0 Å². The molecule has 86 valence electrons. The molecular weight excluding hydrogens is 215 g/mol. The Kier molecular flexibility index (Phi) is 3.44. The Bertz CT molecular complexity index is 434. The lowest BCUT2D eigenvalue weighted by molar-refractivity contribution is -0.118. The van der Waals surface area contributed by atoms with Gasteiger partial charge in [0.2, 0.25) is 5.91 Å². The minimum absolute atomic E-state index is 0.221.